The highest BCUT2D eigenvalue weighted by Crippen LogP contribution is 2.35. The van der Waals surface area contributed by atoms with Gasteiger partial charge < -0.3 is 11.1 Å². The predicted octanol–water partition coefficient (Wildman–Crippen LogP) is 5.74. The SMILES string of the molecule is CN.Cc1ccc(-c2cnn3cc(-c4ccc(C5(C)CCNCC5)cc4)cnc23)c2ccccc12. The van der Waals surface area contributed by atoms with Crippen LogP contribution in [0.3, 0.4) is 0 Å². The Morgan fingerprint density at radius 1 is 0.829 bits per heavy atom. The van der Waals surface area contributed by atoms with Gasteiger partial charge in [0, 0.05) is 23.5 Å². The van der Waals surface area contributed by atoms with Gasteiger partial charge in [0.15, 0.2) is 5.65 Å². The van der Waals surface area contributed by atoms with E-state index in [1.54, 1.807) is 0 Å². The first kappa shape index (κ1) is 23.2. The Morgan fingerprint density at radius 2 is 1.54 bits per heavy atom. The molecule has 35 heavy (non-hydrogen) atoms. The van der Waals surface area contributed by atoms with E-state index in [4.69, 9.17) is 4.98 Å². The van der Waals surface area contributed by atoms with Crippen molar-refractivity contribution in [1.82, 2.24) is 19.9 Å². The Labute approximate surface area is 207 Å². The molecule has 3 aromatic carbocycles. The van der Waals surface area contributed by atoms with E-state index in [2.05, 4.69) is 96.9 Å². The van der Waals surface area contributed by atoms with Crippen LogP contribution in [0.4, 0.5) is 0 Å². The number of piperidine rings is 1. The Kier molecular flexibility index (Phi) is 6.37. The Morgan fingerprint density at radius 3 is 2.29 bits per heavy atom. The number of nitrogens with zero attached hydrogens (tertiary/aromatic N) is 3. The minimum atomic E-state index is 0.264. The normalized spacial score (nSPS) is 15.1. The number of benzene rings is 3. The van der Waals surface area contributed by atoms with Gasteiger partial charge >= 0.3 is 0 Å². The van der Waals surface area contributed by atoms with E-state index in [9.17, 15) is 0 Å². The molecule has 5 aromatic rings. The lowest BCUT2D eigenvalue weighted by Crippen LogP contribution is -2.37. The van der Waals surface area contributed by atoms with Gasteiger partial charge in [-0.1, -0.05) is 67.6 Å². The van der Waals surface area contributed by atoms with Gasteiger partial charge in [0.1, 0.15) is 0 Å². The van der Waals surface area contributed by atoms with Crippen LogP contribution in [0.15, 0.2) is 79.3 Å². The van der Waals surface area contributed by atoms with Crippen molar-refractivity contribution in [1.29, 1.82) is 0 Å². The molecule has 0 bridgehead atoms. The minimum absolute atomic E-state index is 0.264. The molecule has 5 nitrogen and oxygen atoms in total. The van der Waals surface area contributed by atoms with E-state index in [0.29, 0.717) is 0 Å². The lowest BCUT2D eigenvalue weighted by atomic mass is 9.75. The van der Waals surface area contributed by atoms with E-state index < -0.39 is 0 Å². The minimum Gasteiger partial charge on any atom is -0.333 e. The number of aryl methyl sites for hydroxylation is 1. The summed E-state index contributed by atoms with van der Waals surface area (Å²) in [5, 5.41) is 10.6. The smallest absolute Gasteiger partial charge is 0.162 e. The van der Waals surface area contributed by atoms with Crippen LogP contribution in [0.5, 0.6) is 0 Å². The molecule has 1 aliphatic rings. The lowest BCUT2D eigenvalue weighted by Gasteiger charge is -2.34. The molecule has 1 aliphatic heterocycles. The van der Waals surface area contributed by atoms with Crippen molar-refractivity contribution in [3.63, 3.8) is 0 Å². The lowest BCUT2D eigenvalue weighted by molar-refractivity contribution is 0.335. The average Bonchev–Trinajstić information content (AvgIpc) is 3.34. The third kappa shape index (κ3) is 4.22. The summed E-state index contributed by atoms with van der Waals surface area (Å²) in [6.45, 7) is 6.73. The molecule has 0 amide bonds. The highest BCUT2D eigenvalue weighted by Gasteiger charge is 2.28. The molecule has 1 fully saturated rings. The maximum absolute atomic E-state index is 4.84. The molecule has 178 valence electrons. The summed E-state index contributed by atoms with van der Waals surface area (Å²) >= 11 is 0. The fourth-order valence-corrected chi connectivity index (χ4v) is 5.23. The number of hydrogen-bond donors (Lipinski definition) is 2. The molecule has 3 N–H and O–H groups in total. The van der Waals surface area contributed by atoms with Crippen molar-refractivity contribution in [3.8, 4) is 22.3 Å². The van der Waals surface area contributed by atoms with Gasteiger partial charge in [-0.05, 0) is 78.3 Å². The standard InChI is InChI=1S/C29H28N4.CH5N/c1-20-7-12-26(25-6-4-3-5-24(20)25)27-18-32-33-19-22(17-31-28(27)33)21-8-10-23(11-9-21)29(2)13-15-30-16-14-29;1-2/h3-12,17-19,30H,13-16H2,1-2H3;2H2,1H3. The molecule has 0 aliphatic carbocycles. The van der Waals surface area contributed by atoms with Crippen LogP contribution in [-0.4, -0.2) is 34.7 Å². The zero-order valence-electron chi connectivity index (χ0n) is 20.8. The van der Waals surface area contributed by atoms with Crippen molar-refractivity contribution in [2.45, 2.75) is 32.1 Å². The van der Waals surface area contributed by atoms with Crippen LogP contribution < -0.4 is 11.1 Å². The molecule has 0 saturated carbocycles. The van der Waals surface area contributed by atoms with Crippen LogP contribution in [0.25, 0.3) is 38.7 Å². The summed E-state index contributed by atoms with van der Waals surface area (Å²) in [5.74, 6) is 0. The molecule has 0 radical (unpaired) electrons. The number of nitrogens with two attached hydrogens (primary N) is 1. The van der Waals surface area contributed by atoms with Crippen LogP contribution in [0.1, 0.15) is 30.9 Å². The summed E-state index contributed by atoms with van der Waals surface area (Å²) in [7, 11) is 1.50. The third-order valence-corrected chi connectivity index (χ3v) is 7.41. The Hall–Kier alpha value is -3.54. The van der Waals surface area contributed by atoms with Crippen LogP contribution in [-0.2, 0) is 5.41 Å². The van der Waals surface area contributed by atoms with E-state index in [1.807, 2.05) is 16.9 Å². The first-order chi connectivity index (χ1) is 17.1. The number of nitrogens with one attached hydrogen (secondary N) is 1. The van der Waals surface area contributed by atoms with E-state index in [1.165, 1.54) is 52.9 Å². The van der Waals surface area contributed by atoms with Crippen molar-refractivity contribution in [3.05, 3.63) is 90.4 Å². The van der Waals surface area contributed by atoms with E-state index in [0.717, 1.165) is 29.9 Å². The summed E-state index contributed by atoms with van der Waals surface area (Å²) in [6.07, 6.45) is 8.36. The van der Waals surface area contributed by atoms with Crippen molar-refractivity contribution >= 4 is 16.4 Å². The van der Waals surface area contributed by atoms with Gasteiger partial charge in [0.2, 0.25) is 0 Å². The quantitative estimate of drug-likeness (QED) is 0.358. The molecular weight excluding hydrogens is 430 g/mol. The fraction of sp³-hybridized carbons (Fsp3) is 0.267. The number of hydrogen-bond acceptors (Lipinski definition) is 4. The van der Waals surface area contributed by atoms with E-state index in [-0.39, 0.29) is 5.41 Å². The number of aromatic nitrogens is 3. The second kappa shape index (κ2) is 9.61. The molecular formula is C30H33N5. The van der Waals surface area contributed by atoms with Gasteiger partial charge in [-0.25, -0.2) is 9.50 Å². The molecule has 6 rings (SSSR count). The van der Waals surface area contributed by atoms with Crippen LogP contribution >= 0.6 is 0 Å². The van der Waals surface area contributed by atoms with Crippen molar-refractivity contribution in [2.75, 3.05) is 20.1 Å². The van der Waals surface area contributed by atoms with Crippen LogP contribution in [0.2, 0.25) is 0 Å². The van der Waals surface area contributed by atoms with Gasteiger partial charge in [0.05, 0.1) is 6.20 Å². The Balaban J connectivity index is 0.00000124. The summed E-state index contributed by atoms with van der Waals surface area (Å²) in [6, 6.07) is 21.9. The molecule has 0 atom stereocenters. The molecule has 2 aromatic heterocycles. The zero-order chi connectivity index (χ0) is 24.4. The zero-order valence-corrected chi connectivity index (χ0v) is 20.8. The summed E-state index contributed by atoms with van der Waals surface area (Å²) < 4.78 is 1.90. The monoisotopic (exact) mass is 463 g/mol. The third-order valence-electron chi connectivity index (χ3n) is 7.41. The highest BCUT2D eigenvalue weighted by molar-refractivity contribution is 6.01. The largest absolute Gasteiger partial charge is 0.333 e. The number of fused-ring (bicyclic) bond motifs is 2. The average molecular weight is 464 g/mol. The Bertz CT molecular complexity index is 1460. The summed E-state index contributed by atoms with van der Waals surface area (Å²) in [5.41, 5.74) is 12.8. The number of rotatable bonds is 3. The van der Waals surface area contributed by atoms with Gasteiger partial charge in [-0.3, -0.25) is 0 Å². The van der Waals surface area contributed by atoms with Gasteiger partial charge in [0.25, 0.3) is 0 Å². The second-order valence-electron chi connectivity index (χ2n) is 9.53. The molecule has 5 heteroatoms. The summed E-state index contributed by atoms with van der Waals surface area (Å²) in [4.78, 5) is 4.84. The van der Waals surface area contributed by atoms with E-state index >= 15 is 0 Å². The van der Waals surface area contributed by atoms with Gasteiger partial charge in [-0.15, -0.1) is 0 Å². The highest BCUT2D eigenvalue weighted by atomic mass is 15.2. The predicted molar refractivity (Wildman–Crippen MR) is 146 cm³/mol. The second-order valence-corrected chi connectivity index (χ2v) is 9.53. The first-order valence-electron chi connectivity index (χ1n) is 12.3. The molecule has 1 saturated heterocycles. The molecule has 3 heterocycles. The first-order valence-corrected chi connectivity index (χ1v) is 12.3. The van der Waals surface area contributed by atoms with Crippen LogP contribution in [0, 0.1) is 6.92 Å². The molecule has 0 unspecified atom stereocenters. The van der Waals surface area contributed by atoms with Crippen molar-refractivity contribution < 1.29 is 0 Å². The fourth-order valence-electron chi connectivity index (χ4n) is 5.23. The topological polar surface area (TPSA) is 68.2 Å². The molecule has 0 spiro atoms. The maximum atomic E-state index is 4.84. The van der Waals surface area contributed by atoms with Gasteiger partial charge in [-0.2, -0.15) is 5.10 Å². The van der Waals surface area contributed by atoms with Crippen molar-refractivity contribution in [2.24, 2.45) is 5.73 Å². The maximum Gasteiger partial charge on any atom is 0.162 e.